The van der Waals surface area contributed by atoms with Gasteiger partial charge in [-0.2, -0.15) is 0 Å². The van der Waals surface area contributed by atoms with Crippen molar-refractivity contribution in [2.75, 3.05) is 5.32 Å². The SMILES string of the molecule is Cc1cc(C)c2c(n1)nn1c(C)c(C(=O)Nc3ccc(Br)cc3)nnc21. The van der Waals surface area contributed by atoms with Gasteiger partial charge in [0.2, 0.25) is 0 Å². The Morgan fingerprint density at radius 3 is 2.58 bits per heavy atom. The van der Waals surface area contributed by atoms with E-state index < -0.39 is 0 Å². The fourth-order valence-corrected chi connectivity index (χ4v) is 3.21. The zero-order valence-electron chi connectivity index (χ0n) is 14.4. The number of nitrogens with zero attached hydrogens (tertiary/aromatic N) is 5. The number of amides is 1. The number of hydrogen-bond donors (Lipinski definition) is 1. The second kappa shape index (κ2) is 6.14. The number of anilines is 1. The van der Waals surface area contributed by atoms with Gasteiger partial charge in [-0.05, 0) is 56.7 Å². The highest BCUT2D eigenvalue weighted by molar-refractivity contribution is 9.10. The standard InChI is InChI=1S/C18H15BrN6O/c1-9-8-10(2)20-16-14(9)17-23-22-15(11(3)25(17)24-16)18(26)21-13-6-4-12(19)5-7-13/h4-8H,1-3H3,(H,21,26). The molecule has 0 saturated heterocycles. The van der Waals surface area contributed by atoms with Crippen LogP contribution in [0.5, 0.6) is 0 Å². The van der Waals surface area contributed by atoms with Crippen molar-refractivity contribution in [1.82, 2.24) is 24.8 Å². The molecule has 1 N–H and O–H groups in total. The number of pyridine rings is 1. The van der Waals surface area contributed by atoms with Gasteiger partial charge in [-0.3, -0.25) is 4.79 Å². The molecule has 3 aromatic heterocycles. The highest BCUT2D eigenvalue weighted by Crippen LogP contribution is 2.23. The molecule has 0 spiro atoms. The van der Waals surface area contributed by atoms with Crippen LogP contribution in [-0.2, 0) is 0 Å². The molecule has 130 valence electrons. The Bertz CT molecular complexity index is 1170. The number of rotatable bonds is 2. The van der Waals surface area contributed by atoms with Gasteiger partial charge in [0.15, 0.2) is 17.0 Å². The summed E-state index contributed by atoms with van der Waals surface area (Å²) >= 11 is 3.37. The maximum atomic E-state index is 12.6. The molecule has 1 amide bonds. The summed E-state index contributed by atoms with van der Waals surface area (Å²) in [5, 5.41) is 16.6. The number of benzene rings is 1. The Morgan fingerprint density at radius 2 is 1.85 bits per heavy atom. The second-order valence-electron chi connectivity index (χ2n) is 6.11. The first kappa shape index (κ1) is 16.6. The van der Waals surface area contributed by atoms with E-state index in [-0.39, 0.29) is 11.6 Å². The van der Waals surface area contributed by atoms with E-state index in [0.717, 1.165) is 21.1 Å². The molecule has 0 atom stereocenters. The van der Waals surface area contributed by atoms with Crippen LogP contribution in [0.4, 0.5) is 5.69 Å². The fraction of sp³-hybridized carbons (Fsp3) is 0.167. The quantitative estimate of drug-likeness (QED) is 0.545. The Morgan fingerprint density at radius 1 is 1.12 bits per heavy atom. The molecule has 8 heteroatoms. The molecule has 0 fully saturated rings. The highest BCUT2D eigenvalue weighted by Gasteiger charge is 2.19. The van der Waals surface area contributed by atoms with Gasteiger partial charge in [-0.1, -0.05) is 15.9 Å². The van der Waals surface area contributed by atoms with Crippen molar-refractivity contribution < 1.29 is 4.79 Å². The summed E-state index contributed by atoms with van der Waals surface area (Å²) in [6, 6.07) is 9.31. The van der Waals surface area contributed by atoms with Crippen molar-refractivity contribution in [1.29, 1.82) is 0 Å². The monoisotopic (exact) mass is 410 g/mol. The molecule has 4 aromatic rings. The first-order valence-corrected chi connectivity index (χ1v) is 8.80. The lowest BCUT2D eigenvalue weighted by molar-refractivity contribution is 0.102. The second-order valence-corrected chi connectivity index (χ2v) is 7.03. The molecule has 0 bridgehead atoms. The summed E-state index contributed by atoms with van der Waals surface area (Å²) in [6.45, 7) is 5.71. The minimum atomic E-state index is -0.334. The van der Waals surface area contributed by atoms with Crippen molar-refractivity contribution in [3.63, 3.8) is 0 Å². The highest BCUT2D eigenvalue weighted by atomic mass is 79.9. The van der Waals surface area contributed by atoms with E-state index in [1.165, 1.54) is 0 Å². The normalized spacial score (nSPS) is 11.2. The maximum absolute atomic E-state index is 12.6. The van der Waals surface area contributed by atoms with Crippen molar-refractivity contribution in [3.8, 4) is 0 Å². The van der Waals surface area contributed by atoms with Crippen molar-refractivity contribution in [2.45, 2.75) is 20.8 Å². The van der Waals surface area contributed by atoms with E-state index in [9.17, 15) is 4.79 Å². The van der Waals surface area contributed by atoms with E-state index in [1.807, 2.05) is 44.2 Å². The van der Waals surface area contributed by atoms with E-state index in [0.29, 0.717) is 22.7 Å². The van der Waals surface area contributed by atoms with Crippen LogP contribution in [0.25, 0.3) is 16.7 Å². The zero-order valence-corrected chi connectivity index (χ0v) is 16.0. The summed E-state index contributed by atoms with van der Waals surface area (Å²) in [7, 11) is 0. The Hall–Kier alpha value is -2.87. The van der Waals surface area contributed by atoms with E-state index in [4.69, 9.17) is 0 Å². The molecular weight excluding hydrogens is 396 g/mol. The fourth-order valence-electron chi connectivity index (χ4n) is 2.94. The van der Waals surface area contributed by atoms with E-state index in [2.05, 4.69) is 41.5 Å². The van der Waals surface area contributed by atoms with Crippen molar-refractivity contribution >= 4 is 44.2 Å². The van der Waals surface area contributed by atoms with Crippen LogP contribution in [0.2, 0.25) is 0 Å². The van der Waals surface area contributed by atoms with Gasteiger partial charge >= 0.3 is 0 Å². The van der Waals surface area contributed by atoms with Gasteiger partial charge in [0.1, 0.15) is 0 Å². The molecule has 1 aromatic carbocycles. The largest absolute Gasteiger partial charge is 0.321 e. The third-order valence-corrected chi connectivity index (χ3v) is 4.70. The average Bonchev–Trinajstić information content (AvgIpc) is 2.96. The number of fused-ring (bicyclic) bond motifs is 3. The summed E-state index contributed by atoms with van der Waals surface area (Å²) < 4.78 is 2.57. The maximum Gasteiger partial charge on any atom is 0.278 e. The lowest BCUT2D eigenvalue weighted by atomic mass is 10.2. The minimum absolute atomic E-state index is 0.225. The summed E-state index contributed by atoms with van der Waals surface area (Å²) in [4.78, 5) is 17.1. The Balaban J connectivity index is 1.80. The van der Waals surface area contributed by atoms with Crippen LogP contribution < -0.4 is 5.32 Å². The van der Waals surface area contributed by atoms with Gasteiger partial charge in [0.05, 0.1) is 11.1 Å². The number of carbonyl (C=O) groups excluding carboxylic acids is 1. The van der Waals surface area contributed by atoms with Crippen LogP contribution >= 0.6 is 15.9 Å². The molecule has 3 heterocycles. The predicted molar refractivity (Wildman–Crippen MR) is 102 cm³/mol. The molecule has 26 heavy (non-hydrogen) atoms. The molecule has 0 aliphatic carbocycles. The van der Waals surface area contributed by atoms with Gasteiger partial charge in [-0.15, -0.1) is 15.3 Å². The zero-order chi connectivity index (χ0) is 18.4. The third kappa shape index (κ3) is 2.72. The summed E-state index contributed by atoms with van der Waals surface area (Å²) in [6.07, 6.45) is 0. The number of aromatic nitrogens is 5. The molecular formula is C18H15BrN6O. The lowest BCUT2D eigenvalue weighted by Crippen LogP contribution is -2.18. The third-order valence-electron chi connectivity index (χ3n) is 4.17. The Kier molecular flexibility index (Phi) is 3.91. The average molecular weight is 411 g/mol. The number of carbonyl (C=O) groups is 1. The van der Waals surface area contributed by atoms with Crippen LogP contribution in [0.15, 0.2) is 34.8 Å². The molecule has 0 aliphatic heterocycles. The van der Waals surface area contributed by atoms with Gasteiger partial charge in [0.25, 0.3) is 5.91 Å². The first-order chi connectivity index (χ1) is 12.4. The Labute approximate surface area is 157 Å². The number of aryl methyl sites for hydroxylation is 3. The molecule has 0 aliphatic rings. The van der Waals surface area contributed by atoms with Crippen molar-refractivity contribution in [2.24, 2.45) is 0 Å². The van der Waals surface area contributed by atoms with Crippen LogP contribution in [0, 0.1) is 20.8 Å². The lowest BCUT2D eigenvalue weighted by Gasteiger charge is -2.07. The summed E-state index contributed by atoms with van der Waals surface area (Å²) in [5.41, 5.74) is 4.63. The molecule has 0 unspecified atom stereocenters. The van der Waals surface area contributed by atoms with Gasteiger partial charge in [0, 0.05) is 15.9 Å². The minimum Gasteiger partial charge on any atom is -0.321 e. The van der Waals surface area contributed by atoms with Crippen molar-refractivity contribution in [3.05, 3.63) is 57.4 Å². The molecule has 0 radical (unpaired) electrons. The van der Waals surface area contributed by atoms with Gasteiger partial charge < -0.3 is 5.32 Å². The first-order valence-electron chi connectivity index (χ1n) is 8.01. The molecule has 0 saturated carbocycles. The van der Waals surface area contributed by atoms with Crippen LogP contribution in [0.1, 0.15) is 27.4 Å². The number of halogens is 1. The van der Waals surface area contributed by atoms with Gasteiger partial charge in [-0.25, -0.2) is 9.50 Å². The molecule has 4 rings (SSSR count). The topological polar surface area (TPSA) is 85.1 Å². The number of hydrogen-bond acceptors (Lipinski definition) is 5. The predicted octanol–water partition coefficient (Wildman–Crippen LogP) is 3.61. The number of nitrogens with one attached hydrogen (secondary N) is 1. The van der Waals surface area contributed by atoms with E-state index in [1.54, 1.807) is 11.4 Å². The van der Waals surface area contributed by atoms with Crippen LogP contribution in [0.3, 0.4) is 0 Å². The molecule has 7 nitrogen and oxygen atoms in total. The smallest absolute Gasteiger partial charge is 0.278 e. The van der Waals surface area contributed by atoms with E-state index >= 15 is 0 Å². The summed E-state index contributed by atoms with van der Waals surface area (Å²) in [5.74, 6) is -0.334. The van der Waals surface area contributed by atoms with Crippen LogP contribution in [-0.4, -0.2) is 30.7 Å².